The summed E-state index contributed by atoms with van der Waals surface area (Å²) in [6.45, 7) is 0. The Balaban J connectivity index is -0.000000249. The average Bonchev–Trinajstić information content (AvgIpc) is 1.60. The van der Waals surface area contributed by atoms with Crippen molar-refractivity contribution in [2.45, 2.75) is 0 Å². The van der Waals surface area contributed by atoms with Crippen LogP contribution in [-0.2, 0) is 13.4 Å². The molecule has 0 aliphatic heterocycles. The van der Waals surface area contributed by atoms with Crippen LogP contribution in [0.5, 0.6) is 0 Å². The molecule has 0 unspecified atom stereocenters. The number of hydrogen-bond donors (Lipinski definition) is 4. The van der Waals surface area contributed by atoms with Gasteiger partial charge in [0.25, 0.3) is 0 Å². The summed E-state index contributed by atoms with van der Waals surface area (Å²) in [5.41, 5.74) is 0. The normalized spacial score (nSPS) is 10.9. The van der Waals surface area contributed by atoms with E-state index in [-0.39, 0.29) is 51.4 Å². The van der Waals surface area contributed by atoms with E-state index in [2.05, 4.69) is 4.31 Å². The molecule has 0 radical (unpaired) electrons. The molecule has 0 bridgehead atoms. The molecule has 0 aromatic heterocycles. The van der Waals surface area contributed by atoms with Gasteiger partial charge in [0.2, 0.25) is 0 Å². The summed E-state index contributed by atoms with van der Waals surface area (Å²) in [6, 6.07) is 0. The Morgan fingerprint density at radius 3 is 1.17 bits per heavy atom. The van der Waals surface area contributed by atoms with Gasteiger partial charge in [0.1, 0.15) is 0 Å². The van der Waals surface area contributed by atoms with E-state index in [1.54, 1.807) is 0 Å². The minimum atomic E-state index is -5.05. The molecule has 0 aromatic rings. The van der Waals surface area contributed by atoms with Gasteiger partial charge in [0, 0.05) is 0 Å². The van der Waals surface area contributed by atoms with Crippen LogP contribution in [0, 0.1) is 0 Å². The molecule has 0 saturated heterocycles. The van der Waals surface area contributed by atoms with Crippen LogP contribution in [0.3, 0.4) is 0 Å². The van der Waals surface area contributed by atoms with Crippen molar-refractivity contribution in [1.29, 1.82) is 0 Å². The first-order valence-corrected chi connectivity index (χ1v) is 9.27. The molecule has 12 heteroatoms. The van der Waals surface area contributed by atoms with Crippen LogP contribution in [0.2, 0.25) is 0 Å². The molecule has 0 aliphatic rings. The summed E-state index contributed by atoms with van der Waals surface area (Å²) >= 11 is 0.535. The summed E-state index contributed by atoms with van der Waals surface area (Å²) in [5.74, 6) is 0. The fraction of sp³-hybridized carbons (Fsp3) is 0. The SMILES string of the molecule is O=P(O)(O)OP(=O)(O)O.[Cl][K].[KH]. The van der Waals surface area contributed by atoms with E-state index in [0.717, 1.165) is 0 Å². The maximum atomic E-state index is 9.63. The summed E-state index contributed by atoms with van der Waals surface area (Å²) in [6.07, 6.45) is 0. The molecule has 66 valence electrons. The quantitative estimate of drug-likeness (QED) is 0.374. The van der Waals surface area contributed by atoms with E-state index < -0.39 is 15.6 Å². The third-order valence-corrected chi connectivity index (χ3v) is 1.91. The van der Waals surface area contributed by atoms with Gasteiger partial charge in [-0.2, -0.15) is 4.31 Å². The van der Waals surface area contributed by atoms with Gasteiger partial charge in [0.05, 0.1) is 0 Å². The summed E-state index contributed by atoms with van der Waals surface area (Å²) in [4.78, 5) is 31.0. The van der Waals surface area contributed by atoms with E-state index in [4.69, 9.17) is 23.3 Å². The first kappa shape index (κ1) is 21.1. The molecular weight excluding hydrogens is 288 g/mol. The zero-order valence-corrected chi connectivity index (χ0v) is 11.0. The first-order valence-electron chi connectivity index (χ1n) is 1.91. The van der Waals surface area contributed by atoms with Gasteiger partial charge in [0.15, 0.2) is 0 Å². The van der Waals surface area contributed by atoms with Crippen molar-refractivity contribution in [3.8, 4) is 0 Å². The van der Waals surface area contributed by atoms with Gasteiger partial charge in [-0.05, 0) is 0 Å². The third kappa shape index (κ3) is 23.6. The third-order valence-electron chi connectivity index (χ3n) is 0.213. The minimum absolute atomic E-state index is 0. The van der Waals surface area contributed by atoms with Crippen LogP contribution < -0.4 is 0 Å². The van der Waals surface area contributed by atoms with E-state index >= 15 is 0 Å². The first-order chi connectivity index (χ1) is 4.71. The molecule has 0 saturated carbocycles. The predicted molar refractivity (Wildman–Crippen MR) is 43.9 cm³/mol. The zero-order valence-electron chi connectivity index (χ0n) is 5.29. The fourth-order valence-corrected chi connectivity index (χ4v) is 1.25. The Morgan fingerprint density at radius 1 is 1.00 bits per heavy atom. The van der Waals surface area contributed by atoms with Gasteiger partial charge in [-0.15, -0.1) is 0 Å². The Morgan fingerprint density at radius 2 is 1.17 bits per heavy atom. The topological polar surface area (TPSA) is 124 Å². The summed E-state index contributed by atoms with van der Waals surface area (Å²) < 4.78 is 27.0. The second-order valence-electron chi connectivity index (χ2n) is 1.06. The predicted octanol–water partition coefficient (Wildman–Crippen LogP) is -1.15. The van der Waals surface area contributed by atoms with E-state index in [9.17, 15) is 9.13 Å². The molecule has 0 aliphatic carbocycles. The number of hydrogen-bond acceptors (Lipinski definition) is 3. The number of phosphoric acid groups is 2. The molecule has 0 aromatic carbocycles. The molecule has 7 nitrogen and oxygen atoms in total. The average molecular weight is 293 g/mol. The molecule has 0 spiro atoms. The van der Waals surface area contributed by atoms with Crippen molar-refractivity contribution in [2.75, 3.05) is 0 Å². The van der Waals surface area contributed by atoms with Gasteiger partial charge in [-0.3, -0.25) is 0 Å². The summed E-state index contributed by atoms with van der Waals surface area (Å²) in [7, 11) is -10.1. The van der Waals surface area contributed by atoms with Crippen LogP contribution in [-0.4, -0.2) is 118 Å². The molecule has 0 heterocycles. The van der Waals surface area contributed by atoms with E-state index in [1.807, 2.05) is 0 Å². The zero-order chi connectivity index (χ0) is 9.71. The molecule has 4 N–H and O–H groups in total. The maximum absolute atomic E-state index is 9.63. The standard InChI is InChI=1S/ClH.2K.H4O7P2.H/c;;;1-8(2,3)7-9(4,5)6;/h1H;;;(H2,1,2,3)(H2,4,5,6);/q;;+1;;/p-1. The van der Waals surface area contributed by atoms with Gasteiger partial charge in [-0.25, -0.2) is 9.13 Å². The molecule has 0 fully saturated rings. The Hall–Kier alpha value is 3.82. The van der Waals surface area contributed by atoms with Crippen LogP contribution in [0.4, 0.5) is 0 Å². The Kier molecular flexibility index (Phi) is 17.6. The van der Waals surface area contributed by atoms with Gasteiger partial charge < -0.3 is 19.6 Å². The van der Waals surface area contributed by atoms with Crippen molar-refractivity contribution in [3.05, 3.63) is 0 Å². The van der Waals surface area contributed by atoms with Crippen molar-refractivity contribution in [3.63, 3.8) is 0 Å². The second kappa shape index (κ2) is 10.0. The van der Waals surface area contributed by atoms with E-state index in [0.29, 0.717) is 47.1 Å². The molecule has 0 amide bonds. The van der Waals surface area contributed by atoms with Crippen molar-refractivity contribution in [1.82, 2.24) is 0 Å². The van der Waals surface area contributed by atoms with Crippen LogP contribution in [0.25, 0.3) is 0 Å². The van der Waals surface area contributed by atoms with Crippen LogP contribution in [0.15, 0.2) is 0 Å². The Bertz CT molecular complexity index is 160. The number of halogens is 1. The van der Waals surface area contributed by atoms with Gasteiger partial charge >= 0.3 is 118 Å². The van der Waals surface area contributed by atoms with Crippen LogP contribution >= 0.6 is 19.4 Å². The molecule has 0 rings (SSSR count). The number of rotatable bonds is 2. The van der Waals surface area contributed by atoms with Crippen molar-refractivity contribution >= 4 is 118 Å². The Labute approximate surface area is 147 Å². The second-order valence-corrected chi connectivity index (χ2v) is 3.68. The van der Waals surface area contributed by atoms with E-state index in [1.165, 1.54) is 0 Å². The van der Waals surface area contributed by atoms with Crippen molar-refractivity contribution < 1.29 is 33.0 Å². The molecule has 0 atom stereocenters. The summed E-state index contributed by atoms with van der Waals surface area (Å²) in [5, 5.41) is 0. The monoisotopic (exact) mass is 292 g/mol. The van der Waals surface area contributed by atoms with Crippen LogP contribution in [0.1, 0.15) is 0 Å². The molecular formula is H5ClK2O7P2. The molecule has 12 heavy (non-hydrogen) atoms. The van der Waals surface area contributed by atoms with Gasteiger partial charge in [-0.1, -0.05) is 0 Å². The van der Waals surface area contributed by atoms with Crippen molar-refractivity contribution in [2.24, 2.45) is 0 Å². The fourth-order valence-electron chi connectivity index (χ4n) is 0.139.